The zero-order chi connectivity index (χ0) is 14.0. The van der Waals surface area contributed by atoms with Gasteiger partial charge in [-0.3, -0.25) is 0 Å². The minimum atomic E-state index is -4.47. The smallest absolute Gasteiger partial charge is 0.376 e. The number of halogens is 4. The van der Waals surface area contributed by atoms with Crippen LogP contribution in [0.4, 0.5) is 17.6 Å². The van der Waals surface area contributed by atoms with Crippen LogP contribution < -0.4 is 5.73 Å². The van der Waals surface area contributed by atoms with E-state index in [4.69, 9.17) is 10.5 Å². The van der Waals surface area contributed by atoms with E-state index in [1.807, 2.05) is 0 Å². The first-order chi connectivity index (χ1) is 8.91. The van der Waals surface area contributed by atoms with Crippen molar-refractivity contribution in [3.63, 3.8) is 0 Å². The van der Waals surface area contributed by atoms with E-state index in [-0.39, 0.29) is 18.5 Å². The lowest BCUT2D eigenvalue weighted by molar-refractivity contribution is -0.152. The summed E-state index contributed by atoms with van der Waals surface area (Å²) >= 11 is 0. The van der Waals surface area contributed by atoms with Gasteiger partial charge < -0.3 is 15.0 Å². The lowest BCUT2D eigenvalue weighted by Gasteiger charge is -2.26. The van der Waals surface area contributed by atoms with E-state index in [2.05, 4.69) is 14.7 Å². The van der Waals surface area contributed by atoms with Crippen molar-refractivity contribution in [1.82, 2.24) is 10.1 Å². The second-order valence-electron chi connectivity index (χ2n) is 4.37. The summed E-state index contributed by atoms with van der Waals surface area (Å²) in [5.41, 5.74) is 5.61. The van der Waals surface area contributed by atoms with E-state index in [1.54, 1.807) is 0 Å². The summed E-state index contributed by atoms with van der Waals surface area (Å²) in [5.74, 6) is -6.17. The summed E-state index contributed by atoms with van der Waals surface area (Å²) in [6, 6.07) is -0.883. The summed E-state index contributed by atoms with van der Waals surface area (Å²) in [7, 11) is 0. The summed E-state index contributed by atoms with van der Waals surface area (Å²) in [4.78, 5) is 3.21. The maximum absolute atomic E-state index is 12.9. The van der Waals surface area contributed by atoms with Gasteiger partial charge in [0.05, 0.1) is 18.8 Å². The predicted octanol–water partition coefficient (Wildman–Crippen LogP) is 2.00. The third-order valence-corrected chi connectivity index (χ3v) is 2.90. The molecule has 5 nitrogen and oxygen atoms in total. The van der Waals surface area contributed by atoms with Gasteiger partial charge >= 0.3 is 18.2 Å². The Labute approximate surface area is 106 Å². The molecule has 1 aliphatic carbocycles. The standard InChI is InChI=1S/C10H13F4N3O2/c11-8(12)10(13,14)9-16-7(17-19-9)6(15)4-18-5-2-1-3-5/h5-6,8H,1-4,15H2. The molecule has 1 aromatic heterocycles. The predicted molar refractivity (Wildman–Crippen MR) is 54.7 cm³/mol. The molecular formula is C10H13F4N3O2. The van der Waals surface area contributed by atoms with Crippen molar-refractivity contribution >= 4 is 0 Å². The van der Waals surface area contributed by atoms with Crippen LogP contribution in [0.2, 0.25) is 0 Å². The quantitative estimate of drug-likeness (QED) is 0.808. The van der Waals surface area contributed by atoms with Crippen LogP contribution in [0.3, 0.4) is 0 Å². The maximum Gasteiger partial charge on any atom is 0.383 e. The highest BCUT2D eigenvalue weighted by molar-refractivity contribution is 4.99. The molecule has 0 saturated heterocycles. The molecule has 1 aliphatic rings. The molecule has 1 saturated carbocycles. The SMILES string of the molecule is NC(COC1CCC1)c1noc(C(F)(F)C(F)F)n1. The maximum atomic E-state index is 12.9. The van der Waals surface area contributed by atoms with Crippen molar-refractivity contribution in [3.05, 3.63) is 11.7 Å². The van der Waals surface area contributed by atoms with Crippen molar-refractivity contribution in [2.75, 3.05) is 6.61 Å². The van der Waals surface area contributed by atoms with E-state index < -0.39 is 24.3 Å². The van der Waals surface area contributed by atoms with Crippen LogP contribution >= 0.6 is 0 Å². The van der Waals surface area contributed by atoms with E-state index >= 15 is 0 Å². The zero-order valence-corrected chi connectivity index (χ0v) is 9.86. The van der Waals surface area contributed by atoms with Crippen molar-refractivity contribution in [2.45, 2.75) is 43.8 Å². The Balaban J connectivity index is 1.95. The fraction of sp³-hybridized carbons (Fsp3) is 0.800. The molecule has 108 valence electrons. The van der Waals surface area contributed by atoms with Crippen LogP contribution in [0.25, 0.3) is 0 Å². The van der Waals surface area contributed by atoms with Gasteiger partial charge in [0.25, 0.3) is 0 Å². The lowest BCUT2D eigenvalue weighted by atomic mass is 9.96. The van der Waals surface area contributed by atoms with E-state index in [0.29, 0.717) is 0 Å². The van der Waals surface area contributed by atoms with Crippen LogP contribution in [0.1, 0.15) is 37.0 Å². The molecule has 0 bridgehead atoms. The van der Waals surface area contributed by atoms with Gasteiger partial charge in [-0.25, -0.2) is 8.78 Å². The largest absolute Gasteiger partial charge is 0.383 e. The molecule has 1 heterocycles. The second-order valence-corrected chi connectivity index (χ2v) is 4.37. The number of ether oxygens (including phenoxy) is 1. The first kappa shape index (κ1) is 14.2. The molecule has 0 aliphatic heterocycles. The monoisotopic (exact) mass is 283 g/mol. The Morgan fingerprint density at radius 3 is 2.63 bits per heavy atom. The molecule has 19 heavy (non-hydrogen) atoms. The van der Waals surface area contributed by atoms with Gasteiger partial charge in [0.15, 0.2) is 5.82 Å². The van der Waals surface area contributed by atoms with Gasteiger partial charge in [-0.05, 0) is 19.3 Å². The molecule has 0 amide bonds. The number of hydrogen-bond acceptors (Lipinski definition) is 5. The summed E-state index contributed by atoms with van der Waals surface area (Å²) in [6.45, 7) is 0.0316. The zero-order valence-electron chi connectivity index (χ0n) is 9.86. The average Bonchev–Trinajstić information content (AvgIpc) is 2.76. The summed E-state index contributed by atoms with van der Waals surface area (Å²) < 4.78 is 59.5. The van der Waals surface area contributed by atoms with Gasteiger partial charge in [-0.15, -0.1) is 0 Å². The molecule has 1 unspecified atom stereocenters. The highest BCUT2D eigenvalue weighted by Gasteiger charge is 2.48. The van der Waals surface area contributed by atoms with E-state index in [1.165, 1.54) is 0 Å². The molecule has 1 atom stereocenters. The Bertz CT molecular complexity index is 423. The fourth-order valence-electron chi connectivity index (χ4n) is 1.47. The number of nitrogens with two attached hydrogens (primary N) is 1. The van der Waals surface area contributed by atoms with Gasteiger partial charge in [-0.1, -0.05) is 5.16 Å². The van der Waals surface area contributed by atoms with Gasteiger partial charge in [0, 0.05) is 0 Å². The number of nitrogens with zero attached hydrogens (tertiary/aromatic N) is 2. The van der Waals surface area contributed by atoms with E-state index in [0.717, 1.165) is 19.3 Å². The van der Waals surface area contributed by atoms with Gasteiger partial charge in [-0.2, -0.15) is 13.8 Å². The minimum absolute atomic E-state index is 0.0316. The Morgan fingerprint density at radius 1 is 1.42 bits per heavy atom. The number of alkyl halides is 4. The van der Waals surface area contributed by atoms with Crippen LogP contribution in [0.5, 0.6) is 0 Å². The highest BCUT2D eigenvalue weighted by Crippen LogP contribution is 2.33. The molecule has 2 N–H and O–H groups in total. The number of rotatable bonds is 6. The highest BCUT2D eigenvalue weighted by atomic mass is 19.3. The van der Waals surface area contributed by atoms with Crippen molar-refractivity contribution in [2.24, 2.45) is 5.73 Å². The molecule has 0 spiro atoms. The Kier molecular flexibility index (Phi) is 4.04. The first-order valence-corrected chi connectivity index (χ1v) is 5.78. The topological polar surface area (TPSA) is 74.2 Å². The fourth-order valence-corrected chi connectivity index (χ4v) is 1.47. The van der Waals surface area contributed by atoms with Crippen LogP contribution in [-0.4, -0.2) is 29.3 Å². The Morgan fingerprint density at radius 2 is 2.11 bits per heavy atom. The summed E-state index contributed by atoms with van der Waals surface area (Å²) in [6.07, 6.45) is -0.878. The molecule has 9 heteroatoms. The van der Waals surface area contributed by atoms with Crippen molar-refractivity contribution in [3.8, 4) is 0 Å². The molecule has 0 radical (unpaired) electrons. The summed E-state index contributed by atoms with van der Waals surface area (Å²) in [5, 5.41) is 3.18. The number of aromatic nitrogens is 2. The van der Waals surface area contributed by atoms with Crippen molar-refractivity contribution in [1.29, 1.82) is 0 Å². The molecule has 1 fully saturated rings. The van der Waals surface area contributed by atoms with Crippen LogP contribution in [-0.2, 0) is 10.7 Å². The number of hydrogen-bond donors (Lipinski definition) is 1. The van der Waals surface area contributed by atoms with E-state index in [9.17, 15) is 17.6 Å². The van der Waals surface area contributed by atoms with Crippen LogP contribution in [0, 0.1) is 0 Å². The third kappa shape index (κ3) is 3.03. The molecular weight excluding hydrogens is 270 g/mol. The molecule has 0 aromatic carbocycles. The van der Waals surface area contributed by atoms with Crippen LogP contribution in [0.15, 0.2) is 4.52 Å². The molecule has 2 rings (SSSR count). The average molecular weight is 283 g/mol. The normalized spacial score (nSPS) is 18.6. The third-order valence-electron chi connectivity index (χ3n) is 2.90. The molecule has 1 aromatic rings. The Hall–Kier alpha value is -1.22. The minimum Gasteiger partial charge on any atom is -0.376 e. The second kappa shape index (κ2) is 5.41. The van der Waals surface area contributed by atoms with Gasteiger partial charge in [0.1, 0.15) is 0 Å². The first-order valence-electron chi connectivity index (χ1n) is 5.78. The lowest BCUT2D eigenvalue weighted by Crippen LogP contribution is -2.28. The van der Waals surface area contributed by atoms with Gasteiger partial charge in [0.2, 0.25) is 0 Å². The van der Waals surface area contributed by atoms with Crippen molar-refractivity contribution < 1.29 is 26.8 Å².